The molecule has 1 aromatic rings. The summed E-state index contributed by atoms with van der Waals surface area (Å²) in [6.45, 7) is 8.23. The molecule has 1 aliphatic heterocycles. The molecule has 0 saturated carbocycles. The average Bonchev–Trinajstić information content (AvgIpc) is 2.79. The van der Waals surface area contributed by atoms with Crippen LogP contribution in [-0.4, -0.2) is 55.6 Å². The summed E-state index contributed by atoms with van der Waals surface area (Å²) >= 11 is 5.88. The fourth-order valence-electron chi connectivity index (χ4n) is 3.30. The van der Waals surface area contributed by atoms with E-state index in [2.05, 4.69) is 10.6 Å². The summed E-state index contributed by atoms with van der Waals surface area (Å²) in [6, 6.07) is 6.07. The second kappa shape index (κ2) is 12.0. The Hall–Kier alpha value is -2.58. The molecule has 33 heavy (non-hydrogen) atoms. The van der Waals surface area contributed by atoms with Crippen molar-refractivity contribution < 1.29 is 23.9 Å². The first-order chi connectivity index (χ1) is 15.7. The molecule has 1 unspecified atom stereocenters. The minimum Gasteiger partial charge on any atom is -0.460 e. The summed E-state index contributed by atoms with van der Waals surface area (Å²) in [5, 5.41) is 5.77. The number of carbonyl (C=O) groups excluding carboxylic acids is 3. The van der Waals surface area contributed by atoms with Crippen molar-refractivity contribution in [2.45, 2.75) is 46.6 Å². The Kier molecular flexibility index (Phi) is 9.73. The van der Waals surface area contributed by atoms with E-state index < -0.39 is 17.4 Å². The number of nitrogens with one attached hydrogen (secondary N) is 2. The molecule has 0 saturated heterocycles. The van der Waals surface area contributed by atoms with Gasteiger partial charge in [-0.1, -0.05) is 25.5 Å². The third-order valence-corrected chi connectivity index (χ3v) is 6.19. The predicted octanol–water partition coefficient (Wildman–Crippen LogP) is 4.22. The summed E-state index contributed by atoms with van der Waals surface area (Å²) in [4.78, 5) is 39.8. The van der Waals surface area contributed by atoms with Crippen LogP contribution in [0.2, 0.25) is 0 Å². The van der Waals surface area contributed by atoms with Crippen LogP contribution in [0.15, 0.2) is 35.5 Å². The van der Waals surface area contributed by atoms with Crippen LogP contribution < -0.4 is 10.6 Å². The number of hydrogen-bond acceptors (Lipinski definition) is 5. The van der Waals surface area contributed by atoms with E-state index >= 15 is 0 Å². The smallest absolute Gasteiger partial charge is 0.338 e. The highest BCUT2D eigenvalue weighted by molar-refractivity contribution is 6.20. The molecule has 0 fully saturated rings. The molecule has 3 amide bonds. The fourth-order valence-corrected chi connectivity index (χ4v) is 3.42. The van der Waals surface area contributed by atoms with Crippen molar-refractivity contribution in [3.05, 3.63) is 41.1 Å². The van der Waals surface area contributed by atoms with E-state index in [-0.39, 0.29) is 31.0 Å². The summed E-state index contributed by atoms with van der Waals surface area (Å²) < 4.78 is 10.4. The van der Waals surface area contributed by atoms with Crippen LogP contribution in [0.3, 0.4) is 0 Å². The topological polar surface area (TPSA) is 97.0 Å². The number of benzene rings is 1. The lowest BCUT2D eigenvalue weighted by Crippen LogP contribution is -2.48. The molecule has 9 heteroatoms. The van der Waals surface area contributed by atoms with Crippen molar-refractivity contribution in [1.82, 2.24) is 10.2 Å². The quantitative estimate of drug-likeness (QED) is 0.281. The van der Waals surface area contributed by atoms with Crippen LogP contribution in [0.25, 0.3) is 0 Å². The highest BCUT2D eigenvalue weighted by Gasteiger charge is 2.36. The van der Waals surface area contributed by atoms with Gasteiger partial charge in [0.1, 0.15) is 6.61 Å². The number of carbonyl (C=O) groups is 3. The van der Waals surface area contributed by atoms with Crippen molar-refractivity contribution in [1.29, 1.82) is 0 Å². The largest absolute Gasteiger partial charge is 0.460 e. The van der Waals surface area contributed by atoms with Crippen LogP contribution in [0, 0.1) is 5.41 Å². The standard InChI is InChI=1S/C24H34ClN3O5/c1-6-7-12-28-16(2)19(21(29)33-14-13-32-5)20(27-23(28)31)17-8-10-18(11-9-17)26-22(30)24(3,4)15-25/h8-11,20H,6-7,12-15H2,1-5H3,(H,26,30)(H,27,31). The Bertz CT molecular complexity index is 883. The van der Waals surface area contributed by atoms with Crippen LogP contribution in [0.4, 0.5) is 10.5 Å². The molecule has 1 atom stereocenters. The van der Waals surface area contributed by atoms with E-state index in [1.807, 2.05) is 6.92 Å². The third kappa shape index (κ3) is 6.71. The summed E-state index contributed by atoms with van der Waals surface area (Å²) in [7, 11) is 1.53. The molecule has 2 rings (SSSR count). The molecular weight excluding hydrogens is 446 g/mol. The zero-order chi connectivity index (χ0) is 24.6. The van der Waals surface area contributed by atoms with Gasteiger partial charge in [-0.15, -0.1) is 11.6 Å². The van der Waals surface area contributed by atoms with Gasteiger partial charge >= 0.3 is 12.0 Å². The summed E-state index contributed by atoms with van der Waals surface area (Å²) in [6.07, 6.45) is 1.73. The molecular formula is C24H34ClN3O5. The van der Waals surface area contributed by atoms with Gasteiger partial charge in [-0.05, 0) is 44.9 Å². The first-order valence-electron chi connectivity index (χ1n) is 11.1. The predicted molar refractivity (Wildman–Crippen MR) is 128 cm³/mol. The first-order valence-corrected chi connectivity index (χ1v) is 11.6. The average molecular weight is 480 g/mol. The van der Waals surface area contributed by atoms with Crippen molar-refractivity contribution in [2.75, 3.05) is 38.1 Å². The molecule has 1 heterocycles. The van der Waals surface area contributed by atoms with Crippen molar-refractivity contribution in [2.24, 2.45) is 5.41 Å². The van der Waals surface area contributed by atoms with Gasteiger partial charge in [0.25, 0.3) is 0 Å². The number of amides is 3. The SMILES string of the molecule is CCCCN1C(=O)NC(c2ccc(NC(=O)C(C)(C)CCl)cc2)C(C(=O)OCCOC)=C1C. The lowest BCUT2D eigenvalue weighted by Gasteiger charge is -2.35. The molecule has 0 radical (unpaired) electrons. The lowest BCUT2D eigenvalue weighted by molar-refractivity contribution is -0.141. The van der Waals surface area contributed by atoms with Crippen LogP contribution in [-0.2, 0) is 19.1 Å². The third-order valence-electron chi connectivity index (χ3n) is 5.52. The normalized spacial score (nSPS) is 16.5. The number of unbranched alkanes of at least 4 members (excludes halogenated alkanes) is 1. The number of halogens is 1. The van der Waals surface area contributed by atoms with Gasteiger partial charge in [-0.2, -0.15) is 0 Å². The molecule has 0 spiro atoms. The van der Waals surface area contributed by atoms with Gasteiger partial charge in [-0.25, -0.2) is 9.59 Å². The number of methoxy groups -OCH3 is 1. The Morgan fingerprint density at radius 2 is 1.88 bits per heavy atom. The van der Waals surface area contributed by atoms with Crippen molar-refractivity contribution in [3.8, 4) is 0 Å². The molecule has 0 bridgehead atoms. The second-order valence-corrected chi connectivity index (χ2v) is 8.88. The second-order valence-electron chi connectivity index (χ2n) is 8.61. The minimum atomic E-state index is -0.710. The monoisotopic (exact) mass is 479 g/mol. The fraction of sp³-hybridized carbons (Fsp3) is 0.542. The molecule has 1 aliphatic rings. The number of rotatable bonds is 11. The van der Waals surface area contributed by atoms with Crippen molar-refractivity contribution >= 4 is 35.2 Å². The van der Waals surface area contributed by atoms with E-state index in [0.717, 1.165) is 12.8 Å². The van der Waals surface area contributed by atoms with E-state index in [1.165, 1.54) is 7.11 Å². The Balaban J connectivity index is 2.33. The van der Waals surface area contributed by atoms with Gasteiger partial charge in [0.2, 0.25) is 5.91 Å². The maximum absolute atomic E-state index is 13.0. The zero-order valence-electron chi connectivity index (χ0n) is 20.0. The minimum absolute atomic E-state index is 0.114. The molecule has 1 aromatic carbocycles. The number of urea groups is 1. The number of alkyl halides is 1. The summed E-state index contributed by atoms with van der Waals surface area (Å²) in [5.74, 6) is -0.503. The molecule has 0 aromatic heterocycles. The van der Waals surface area contributed by atoms with Crippen LogP contribution in [0.1, 0.15) is 52.1 Å². The maximum atomic E-state index is 13.0. The number of allylic oxidation sites excluding steroid dienone is 1. The van der Waals surface area contributed by atoms with Crippen molar-refractivity contribution in [3.63, 3.8) is 0 Å². The van der Waals surface area contributed by atoms with Gasteiger partial charge in [0.05, 0.1) is 23.6 Å². The van der Waals surface area contributed by atoms with Gasteiger partial charge in [-0.3, -0.25) is 9.69 Å². The van der Waals surface area contributed by atoms with Crippen LogP contribution >= 0.6 is 11.6 Å². The summed E-state index contributed by atoms with van der Waals surface area (Å²) in [5.41, 5.74) is 1.53. The number of ether oxygens (including phenoxy) is 2. The first kappa shape index (κ1) is 26.7. The van der Waals surface area contributed by atoms with E-state index in [9.17, 15) is 14.4 Å². The van der Waals surface area contributed by atoms with Gasteiger partial charge in [0.15, 0.2) is 0 Å². The van der Waals surface area contributed by atoms with E-state index in [0.29, 0.717) is 29.1 Å². The molecule has 0 aliphatic carbocycles. The number of hydrogen-bond donors (Lipinski definition) is 2. The lowest BCUT2D eigenvalue weighted by atomic mass is 9.93. The Morgan fingerprint density at radius 1 is 1.21 bits per heavy atom. The highest BCUT2D eigenvalue weighted by atomic mass is 35.5. The Morgan fingerprint density at radius 3 is 2.45 bits per heavy atom. The van der Waals surface area contributed by atoms with Gasteiger partial charge < -0.3 is 20.1 Å². The zero-order valence-corrected chi connectivity index (χ0v) is 20.8. The number of esters is 1. The van der Waals surface area contributed by atoms with E-state index in [4.69, 9.17) is 21.1 Å². The molecule has 2 N–H and O–H groups in total. The highest BCUT2D eigenvalue weighted by Crippen LogP contribution is 2.32. The molecule has 8 nitrogen and oxygen atoms in total. The molecule has 182 valence electrons. The maximum Gasteiger partial charge on any atom is 0.338 e. The Labute approximate surface area is 200 Å². The van der Waals surface area contributed by atoms with Crippen LogP contribution in [0.5, 0.6) is 0 Å². The van der Waals surface area contributed by atoms with Gasteiger partial charge in [0, 0.05) is 30.9 Å². The number of anilines is 1. The van der Waals surface area contributed by atoms with E-state index in [1.54, 1.807) is 49.9 Å². The number of nitrogens with zero attached hydrogens (tertiary/aromatic N) is 1.